The molecule has 0 spiro atoms. The van der Waals surface area contributed by atoms with Crippen LogP contribution in [0.5, 0.6) is 0 Å². The number of nitrogens with zero attached hydrogens (tertiary/aromatic N) is 3. The zero-order valence-corrected chi connectivity index (χ0v) is 14.6. The van der Waals surface area contributed by atoms with Crippen LogP contribution in [-0.2, 0) is 13.0 Å². The zero-order valence-electron chi connectivity index (χ0n) is 13.0. The Labute approximate surface area is 138 Å². The van der Waals surface area contributed by atoms with Gasteiger partial charge in [-0.3, -0.25) is 0 Å². The summed E-state index contributed by atoms with van der Waals surface area (Å²) < 4.78 is 0.930. The summed E-state index contributed by atoms with van der Waals surface area (Å²) in [6, 6.07) is 4.07. The number of aromatic nitrogens is 2. The number of hydrogen-bond acceptors (Lipinski definition) is 3. The van der Waals surface area contributed by atoms with Crippen molar-refractivity contribution in [1.82, 2.24) is 20.2 Å². The average molecular weight is 363 g/mol. The van der Waals surface area contributed by atoms with Gasteiger partial charge in [0.25, 0.3) is 0 Å². The molecule has 2 aromatic rings. The number of halogens is 1. The van der Waals surface area contributed by atoms with E-state index in [9.17, 15) is 4.79 Å². The van der Waals surface area contributed by atoms with Crippen LogP contribution < -0.4 is 5.32 Å². The molecule has 0 radical (unpaired) electrons. The van der Waals surface area contributed by atoms with Gasteiger partial charge in [-0.05, 0) is 54.4 Å². The van der Waals surface area contributed by atoms with Crippen molar-refractivity contribution in [2.75, 3.05) is 6.54 Å². The van der Waals surface area contributed by atoms with Gasteiger partial charge < -0.3 is 10.2 Å². The maximum atomic E-state index is 12.3. The fraction of sp³-hybridized carbons (Fsp3) is 0.438. The predicted octanol–water partition coefficient (Wildman–Crippen LogP) is 3.26. The minimum absolute atomic E-state index is 0.0226. The van der Waals surface area contributed by atoms with Crippen LogP contribution in [0.3, 0.4) is 0 Å². The zero-order chi connectivity index (χ0) is 15.9. The number of amides is 2. The van der Waals surface area contributed by atoms with Crippen molar-refractivity contribution >= 4 is 33.0 Å². The van der Waals surface area contributed by atoms with E-state index in [1.165, 1.54) is 0 Å². The van der Waals surface area contributed by atoms with Gasteiger partial charge in [0.2, 0.25) is 0 Å². The molecule has 2 aromatic heterocycles. The van der Waals surface area contributed by atoms with Crippen molar-refractivity contribution in [1.29, 1.82) is 0 Å². The molecule has 2 amide bonds. The van der Waals surface area contributed by atoms with E-state index in [-0.39, 0.29) is 11.6 Å². The monoisotopic (exact) mass is 362 g/mol. The molecule has 0 fully saturated rings. The molecular weight excluding hydrogens is 344 g/mol. The van der Waals surface area contributed by atoms with E-state index in [0.29, 0.717) is 13.1 Å². The van der Waals surface area contributed by atoms with Gasteiger partial charge in [0.15, 0.2) is 5.65 Å². The first kappa shape index (κ1) is 15.2. The summed E-state index contributed by atoms with van der Waals surface area (Å²) in [5.74, 6) is 0. The summed E-state index contributed by atoms with van der Waals surface area (Å²) in [5, 5.41) is 4.00. The molecule has 0 aromatic carbocycles. The highest BCUT2D eigenvalue weighted by molar-refractivity contribution is 9.10. The van der Waals surface area contributed by atoms with Gasteiger partial charge in [0, 0.05) is 46.8 Å². The smallest absolute Gasteiger partial charge is 0.318 e. The minimum atomic E-state index is -0.228. The number of nitrogens with one attached hydrogen (secondary N) is 1. The molecule has 3 rings (SSSR count). The van der Waals surface area contributed by atoms with E-state index in [1.54, 1.807) is 6.20 Å². The van der Waals surface area contributed by atoms with Crippen molar-refractivity contribution in [3.63, 3.8) is 0 Å². The third kappa shape index (κ3) is 3.21. The fourth-order valence-corrected chi connectivity index (χ4v) is 2.92. The Hall–Kier alpha value is -1.69. The molecule has 1 N–H and O–H groups in total. The maximum absolute atomic E-state index is 12.3. The first-order chi connectivity index (χ1) is 10.3. The summed E-state index contributed by atoms with van der Waals surface area (Å²) in [6.07, 6.45) is 2.52. The highest BCUT2D eigenvalue weighted by Gasteiger charge is 2.24. The lowest BCUT2D eigenvalue weighted by atomic mass is 10.0. The SMILES string of the molecule is CC(C)(C)NC(=O)N1CCc2nc3ncc(Br)cc3cc2C1. The first-order valence-corrected chi connectivity index (χ1v) is 8.12. The average Bonchev–Trinajstić information content (AvgIpc) is 2.42. The third-order valence-corrected chi connectivity index (χ3v) is 3.99. The van der Waals surface area contributed by atoms with E-state index in [4.69, 9.17) is 0 Å². The molecule has 0 bridgehead atoms. The molecule has 0 saturated heterocycles. The Morgan fingerprint density at radius 2 is 2.14 bits per heavy atom. The topological polar surface area (TPSA) is 58.1 Å². The largest absolute Gasteiger partial charge is 0.333 e. The Kier molecular flexibility index (Phi) is 3.80. The lowest BCUT2D eigenvalue weighted by Gasteiger charge is -2.31. The maximum Gasteiger partial charge on any atom is 0.318 e. The normalized spacial score (nSPS) is 14.8. The Morgan fingerprint density at radius 3 is 2.86 bits per heavy atom. The number of carbonyl (C=O) groups excluding carboxylic acids is 1. The van der Waals surface area contributed by atoms with Crippen molar-refractivity contribution in [3.8, 4) is 0 Å². The van der Waals surface area contributed by atoms with Crippen LogP contribution in [0.4, 0.5) is 4.79 Å². The molecule has 22 heavy (non-hydrogen) atoms. The molecule has 1 aliphatic rings. The predicted molar refractivity (Wildman–Crippen MR) is 89.6 cm³/mol. The molecule has 1 aliphatic heterocycles. The summed E-state index contributed by atoms with van der Waals surface area (Å²) in [5.41, 5.74) is 2.67. The van der Waals surface area contributed by atoms with Crippen molar-refractivity contribution in [2.45, 2.75) is 39.3 Å². The van der Waals surface area contributed by atoms with E-state index in [0.717, 1.165) is 33.2 Å². The minimum Gasteiger partial charge on any atom is -0.333 e. The first-order valence-electron chi connectivity index (χ1n) is 7.33. The molecule has 6 heteroatoms. The van der Waals surface area contributed by atoms with Crippen LogP contribution in [-0.4, -0.2) is 33.0 Å². The van der Waals surface area contributed by atoms with E-state index in [2.05, 4.69) is 37.3 Å². The van der Waals surface area contributed by atoms with Crippen LogP contribution in [0.2, 0.25) is 0 Å². The van der Waals surface area contributed by atoms with Gasteiger partial charge in [-0.2, -0.15) is 0 Å². The second-order valence-electron chi connectivity index (χ2n) is 6.65. The number of hydrogen-bond donors (Lipinski definition) is 1. The molecule has 5 nitrogen and oxygen atoms in total. The summed E-state index contributed by atoms with van der Waals surface area (Å²) >= 11 is 3.43. The Morgan fingerprint density at radius 1 is 1.36 bits per heavy atom. The second kappa shape index (κ2) is 5.50. The fourth-order valence-electron chi connectivity index (χ4n) is 2.57. The molecule has 0 atom stereocenters. The summed E-state index contributed by atoms with van der Waals surface area (Å²) in [7, 11) is 0. The van der Waals surface area contributed by atoms with Gasteiger partial charge >= 0.3 is 6.03 Å². The van der Waals surface area contributed by atoms with E-state index in [1.807, 2.05) is 31.7 Å². The van der Waals surface area contributed by atoms with Crippen LogP contribution in [0.1, 0.15) is 32.0 Å². The van der Waals surface area contributed by atoms with Crippen LogP contribution in [0, 0.1) is 0 Å². The van der Waals surface area contributed by atoms with Crippen LogP contribution in [0.25, 0.3) is 11.0 Å². The molecule has 0 aliphatic carbocycles. The number of urea groups is 1. The molecule has 0 saturated carbocycles. The van der Waals surface area contributed by atoms with Gasteiger partial charge in [0.1, 0.15) is 0 Å². The Bertz CT molecular complexity index is 739. The lowest BCUT2D eigenvalue weighted by molar-refractivity contribution is 0.183. The highest BCUT2D eigenvalue weighted by Crippen LogP contribution is 2.23. The number of rotatable bonds is 0. The van der Waals surface area contributed by atoms with E-state index < -0.39 is 0 Å². The van der Waals surface area contributed by atoms with Crippen molar-refractivity contribution < 1.29 is 4.79 Å². The summed E-state index contributed by atoms with van der Waals surface area (Å²) in [4.78, 5) is 23.1. The Balaban J connectivity index is 1.87. The summed E-state index contributed by atoms with van der Waals surface area (Å²) in [6.45, 7) is 7.24. The standard InChI is InChI=1S/C16H19BrN4O/c1-16(2,3)20-15(22)21-5-4-13-11(9-21)6-10-7-12(17)8-18-14(10)19-13/h6-8H,4-5,9H2,1-3H3,(H,20,22). The number of carbonyl (C=O) groups is 1. The highest BCUT2D eigenvalue weighted by atomic mass is 79.9. The van der Waals surface area contributed by atoms with Crippen molar-refractivity contribution in [3.05, 3.63) is 34.1 Å². The molecule has 3 heterocycles. The number of fused-ring (bicyclic) bond motifs is 2. The van der Waals surface area contributed by atoms with Gasteiger partial charge in [-0.25, -0.2) is 14.8 Å². The second-order valence-corrected chi connectivity index (χ2v) is 7.56. The van der Waals surface area contributed by atoms with Gasteiger partial charge in [-0.15, -0.1) is 0 Å². The van der Waals surface area contributed by atoms with Crippen molar-refractivity contribution in [2.24, 2.45) is 0 Å². The van der Waals surface area contributed by atoms with Crippen LogP contribution in [0.15, 0.2) is 22.8 Å². The molecule has 0 unspecified atom stereocenters. The van der Waals surface area contributed by atoms with Crippen LogP contribution >= 0.6 is 15.9 Å². The number of pyridine rings is 2. The lowest BCUT2D eigenvalue weighted by Crippen LogP contribution is -2.49. The van der Waals surface area contributed by atoms with Gasteiger partial charge in [0.05, 0.1) is 0 Å². The quantitative estimate of drug-likeness (QED) is 0.782. The van der Waals surface area contributed by atoms with Gasteiger partial charge in [-0.1, -0.05) is 0 Å². The molecule has 116 valence electrons. The molecular formula is C16H19BrN4O. The third-order valence-electron chi connectivity index (χ3n) is 3.55. The van der Waals surface area contributed by atoms with E-state index >= 15 is 0 Å².